The van der Waals surface area contributed by atoms with Crippen LogP contribution in [0.25, 0.3) is 22.4 Å². The van der Waals surface area contributed by atoms with E-state index in [9.17, 15) is 9.18 Å². The van der Waals surface area contributed by atoms with Crippen molar-refractivity contribution in [1.29, 1.82) is 0 Å². The Labute approximate surface area is 209 Å². The summed E-state index contributed by atoms with van der Waals surface area (Å²) >= 11 is 4.72. The van der Waals surface area contributed by atoms with Crippen LogP contribution >= 0.6 is 34.4 Å². The first-order valence-electron chi connectivity index (χ1n) is 10.2. The van der Waals surface area contributed by atoms with E-state index in [1.165, 1.54) is 39.4 Å². The number of halogens is 2. The van der Waals surface area contributed by atoms with Crippen molar-refractivity contribution in [2.45, 2.75) is 18.4 Å². The lowest BCUT2D eigenvalue weighted by Crippen LogP contribution is -3.00. The topological polar surface area (TPSA) is 29.1 Å². The molecule has 9 heteroatoms. The third-order valence-electron chi connectivity index (χ3n) is 5.48. The van der Waals surface area contributed by atoms with Gasteiger partial charge in [0.1, 0.15) is 22.2 Å². The standard InChI is InChI=1S/C24H21FN3OS3.ClH/c1-4-28-23(14-22-27(3)16-7-5-6-8-18(16)30-22)31-19(24(28)29)11-12-21-26(2)17-10-9-15(25)13-20(17)32-21;/h5-14H,4H2,1-3H3;1H/q+1;/p-1/b19-11-,21-12-;. The van der Waals surface area contributed by atoms with Crippen LogP contribution in [0.4, 0.5) is 10.1 Å². The predicted octanol–water partition coefficient (Wildman–Crippen LogP) is 0.805. The molecule has 33 heavy (non-hydrogen) atoms. The van der Waals surface area contributed by atoms with Gasteiger partial charge >= 0.3 is 0 Å². The summed E-state index contributed by atoms with van der Waals surface area (Å²) in [6.45, 7) is 2.60. The van der Waals surface area contributed by atoms with Crippen LogP contribution in [0.2, 0.25) is 0 Å². The summed E-state index contributed by atoms with van der Waals surface area (Å²) in [4.78, 5) is 15.9. The normalized spacial score (nSPS) is 15.5. The number of aromatic nitrogens is 2. The number of anilines is 1. The lowest BCUT2D eigenvalue weighted by molar-refractivity contribution is -0.642. The van der Waals surface area contributed by atoms with Crippen molar-refractivity contribution >= 4 is 62.5 Å². The number of rotatable bonds is 3. The molecule has 0 amide bonds. The molecule has 2 aromatic carbocycles. The Bertz CT molecular complexity index is 1570. The number of nitrogens with zero attached hydrogens (tertiary/aromatic N) is 3. The molecule has 0 unspecified atom stereocenters. The maximum Gasteiger partial charge on any atom is 0.269 e. The van der Waals surface area contributed by atoms with E-state index in [0.29, 0.717) is 11.1 Å². The van der Waals surface area contributed by atoms with Gasteiger partial charge < -0.3 is 17.3 Å². The van der Waals surface area contributed by atoms with Crippen LogP contribution < -0.4 is 36.6 Å². The second-order valence-corrected chi connectivity index (χ2v) is 10.6. The Hall–Kier alpha value is -2.39. The van der Waals surface area contributed by atoms with Gasteiger partial charge in [0.15, 0.2) is 0 Å². The number of aryl methyl sites for hydroxylation is 1. The molecule has 0 atom stereocenters. The summed E-state index contributed by atoms with van der Waals surface area (Å²) in [5.41, 5.74) is 2.16. The molecule has 0 N–H and O–H groups in total. The summed E-state index contributed by atoms with van der Waals surface area (Å²) in [5.74, 6) is -0.242. The lowest BCUT2D eigenvalue weighted by Gasteiger charge is -2.12. The first-order chi connectivity index (χ1) is 15.5. The van der Waals surface area contributed by atoms with Crippen molar-refractivity contribution in [2.75, 3.05) is 11.9 Å². The van der Waals surface area contributed by atoms with E-state index in [4.69, 9.17) is 0 Å². The Morgan fingerprint density at radius 3 is 2.67 bits per heavy atom. The molecule has 2 aromatic heterocycles. The predicted molar refractivity (Wildman–Crippen MR) is 133 cm³/mol. The summed E-state index contributed by atoms with van der Waals surface area (Å²) in [5, 5.41) is 2.06. The summed E-state index contributed by atoms with van der Waals surface area (Å²) in [6, 6.07) is 13.1. The number of fused-ring (bicyclic) bond motifs is 2. The minimum absolute atomic E-state index is 0. The molecular weight excluding hydrogens is 497 g/mol. The summed E-state index contributed by atoms with van der Waals surface area (Å²) in [6.07, 6.45) is 5.92. The quantitative estimate of drug-likeness (QED) is 0.377. The highest BCUT2D eigenvalue weighted by Crippen LogP contribution is 2.45. The van der Waals surface area contributed by atoms with Crippen LogP contribution in [0.5, 0.6) is 0 Å². The van der Waals surface area contributed by atoms with Gasteiger partial charge in [-0.3, -0.25) is 9.36 Å². The lowest BCUT2D eigenvalue weighted by atomic mass is 10.3. The second-order valence-electron chi connectivity index (χ2n) is 7.41. The zero-order valence-corrected chi connectivity index (χ0v) is 21.4. The van der Waals surface area contributed by atoms with Crippen molar-refractivity contribution in [3.05, 3.63) is 83.9 Å². The zero-order valence-electron chi connectivity index (χ0n) is 18.2. The molecule has 0 radical (unpaired) electrons. The average Bonchev–Trinajstić information content (AvgIpc) is 3.38. The minimum Gasteiger partial charge on any atom is -1.00 e. The molecule has 3 heterocycles. The van der Waals surface area contributed by atoms with Crippen molar-refractivity contribution in [3.63, 3.8) is 0 Å². The Morgan fingerprint density at radius 1 is 1.12 bits per heavy atom. The first kappa shape index (κ1) is 23.8. The highest BCUT2D eigenvalue weighted by molar-refractivity contribution is 8.03. The van der Waals surface area contributed by atoms with Gasteiger partial charge in [-0.15, -0.1) is 11.3 Å². The van der Waals surface area contributed by atoms with Crippen LogP contribution in [0.1, 0.15) is 11.9 Å². The van der Waals surface area contributed by atoms with Gasteiger partial charge in [-0.05, 0) is 43.3 Å². The number of benzene rings is 2. The molecule has 0 bridgehead atoms. The first-order valence-corrected chi connectivity index (χ1v) is 12.6. The van der Waals surface area contributed by atoms with Crippen LogP contribution in [-0.4, -0.2) is 11.6 Å². The molecule has 0 fully saturated rings. The molecular formula is C24H21ClFN3OS3. The van der Waals surface area contributed by atoms with Crippen LogP contribution in [-0.2, 0) is 13.6 Å². The average molecular weight is 518 g/mol. The molecule has 0 spiro atoms. The smallest absolute Gasteiger partial charge is 0.269 e. The molecule has 1 aliphatic heterocycles. The van der Waals surface area contributed by atoms with Crippen LogP contribution in [0.15, 0.2) is 63.3 Å². The maximum absolute atomic E-state index is 13.6. The van der Waals surface area contributed by atoms with Gasteiger partial charge in [0.2, 0.25) is 5.52 Å². The van der Waals surface area contributed by atoms with E-state index in [1.54, 1.807) is 23.5 Å². The Kier molecular flexibility index (Phi) is 6.81. The molecule has 1 aliphatic rings. The molecule has 170 valence electrons. The Balaban J connectivity index is 0.00000259. The number of allylic oxidation sites excluding steroid dienone is 1. The number of hydrogen-bond acceptors (Lipinski definition) is 5. The largest absolute Gasteiger partial charge is 1.00 e. The summed E-state index contributed by atoms with van der Waals surface area (Å²) in [7, 11) is 4.01. The fraction of sp³-hybridized carbons (Fsp3) is 0.167. The third-order valence-corrected chi connectivity index (χ3v) is 8.89. The molecule has 4 nitrogen and oxygen atoms in total. The van der Waals surface area contributed by atoms with E-state index in [-0.39, 0.29) is 23.8 Å². The second kappa shape index (κ2) is 9.46. The van der Waals surface area contributed by atoms with Gasteiger partial charge in [-0.2, -0.15) is 4.57 Å². The maximum atomic E-state index is 13.6. The SMILES string of the molecule is CCn1c(=O)/c(=C/C=C2\Sc3cc(F)ccc3N2C)s/c1=C\c1sc2ccccc2[n+]1C.[Cl-]. The van der Waals surface area contributed by atoms with Gasteiger partial charge in [0.05, 0.1) is 21.3 Å². The molecule has 4 aromatic rings. The third kappa shape index (κ3) is 4.28. The van der Waals surface area contributed by atoms with Crippen molar-refractivity contribution < 1.29 is 21.4 Å². The molecule has 0 aliphatic carbocycles. The van der Waals surface area contributed by atoms with Crippen molar-refractivity contribution in [1.82, 2.24) is 4.57 Å². The fourth-order valence-corrected chi connectivity index (χ4v) is 7.04. The molecule has 0 saturated heterocycles. The highest BCUT2D eigenvalue weighted by Gasteiger charge is 2.22. The number of thioether (sulfide) groups is 1. The van der Waals surface area contributed by atoms with Gasteiger partial charge in [0, 0.05) is 24.6 Å². The van der Waals surface area contributed by atoms with E-state index >= 15 is 0 Å². The van der Waals surface area contributed by atoms with E-state index in [0.717, 1.165) is 25.3 Å². The van der Waals surface area contributed by atoms with Gasteiger partial charge in [0.25, 0.3) is 10.6 Å². The van der Waals surface area contributed by atoms with E-state index in [1.807, 2.05) is 47.7 Å². The number of hydrogen-bond donors (Lipinski definition) is 0. The molecule has 0 saturated carbocycles. The molecule has 5 rings (SSSR count). The monoisotopic (exact) mass is 517 g/mol. The highest BCUT2D eigenvalue weighted by atomic mass is 35.5. The number of thiazole rings is 2. The van der Waals surface area contributed by atoms with E-state index < -0.39 is 0 Å². The number of para-hydroxylation sites is 1. The van der Waals surface area contributed by atoms with Gasteiger partial charge in [-0.25, -0.2) is 4.39 Å². The summed E-state index contributed by atoms with van der Waals surface area (Å²) < 4.78 is 20.4. The van der Waals surface area contributed by atoms with Crippen molar-refractivity contribution in [3.8, 4) is 0 Å². The van der Waals surface area contributed by atoms with Crippen LogP contribution in [0.3, 0.4) is 0 Å². The fourth-order valence-electron chi connectivity index (χ4n) is 3.75. The van der Waals surface area contributed by atoms with Crippen LogP contribution in [0, 0.1) is 5.82 Å². The Morgan fingerprint density at radius 2 is 1.91 bits per heavy atom. The van der Waals surface area contributed by atoms with Gasteiger partial charge in [-0.1, -0.05) is 35.2 Å². The van der Waals surface area contributed by atoms with E-state index in [2.05, 4.69) is 29.8 Å². The minimum atomic E-state index is -0.242. The zero-order chi connectivity index (χ0) is 22.4. The van der Waals surface area contributed by atoms with Crippen molar-refractivity contribution in [2.24, 2.45) is 7.05 Å².